The van der Waals surface area contributed by atoms with Gasteiger partial charge in [0.05, 0.1) is 12.1 Å². The van der Waals surface area contributed by atoms with E-state index in [0.717, 1.165) is 47.4 Å². The van der Waals surface area contributed by atoms with Crippen molar-refractivity contribution in [2.24, 2.45) is 11.7 Å². The van der Waals surface area contributed by atoms with Gasteiger partial charge in [0.1, 0.15) is 6.61 Å². The molecule has 7 heteroatoms. The van der Waals surface area contributed by atoms with Gasteiger partial charge in [-0.1, -0.05) is 48.0 Å². The van der Waals surface area contributed by atoms with Gasteiger partial charge in [0.2, 0.25) is 0 Å². The van der Waals surface area contributed by atoms with Crippen molar-refractivity contribution in [3.63, 3.8) is 0 Å². The Morgan fingerprint density at radius 1 is 1.12 bits per heavy atom. The van der Waals surface area contributed by atoms with E-state index in [1.165, 1.54) is 0 Å². The van der Waals surface area contributed by atoms with Gasteiger partial charge in [-0.2, -0.15) is 0 Å². The molecule has 1 saturated heterocycles. The highest BCUT2D eigenvalue weighted by Gasteiger charge is 2.40. The van der Waals surface area contributed by atoms with Crippen molar-refractivity contribution in [1.29, 1.82) is 0 Å². The number of hydrogen-bond acceptors (Lipinski definition) is 5. The Balaban J connectivity index is 1.37. The summed E-state index contributed by atoms with van der Waals surface area (Å²) in [4.78, 5) is 12.4. The lowest BCUT2D eigenvalue weighted by molar-refractivity contribution is -0.0381. The second-order valence-electron chi connectivity index (χ2n) is 8.81. The van der Waals surface area contributed by atoms with Gasteiger partial charge in [0.15, 0.2) is 0 Å². The second kappa shape index (κ2) is 10.1. The Labute approximate surface area is 204 Å². The van der Waals surface area contributed by atoms with E-state index in [1.807, 2.05) is 48.5 Å². The minimum absolute atomic E-state index is 0.00103. The van der Waals surface area contributed by atoms with Gasteiger partial charge >= 0.3 is 6.09 Å². The zero-order valence-electron chi connectivity index (χ0n) is 18.8. The lowest BCUT2D eigenvalue weighted by Gasteiger charge is -2.43. The summed E-state index contributed by atoms with van der Waals surface area (Å²) in [5, 5.41) is 7.07. The lowest BCUT2D eigenvalue weighted by atomic mass is 9.77. The van der Waals surface area contributed by atoms with E-state index in [0.29, 0.717) is 17.3 Å². The van der Waals surface area contributed by atoms with Crippen LogP contribution in [0.4, 0.5) is 16.2 Å². The van der Waals surface area contributed by atoms with Crippen molar-refractivity contribution < 1.29 is 14.3 Å². The fourth-order valence-corrected chi connectivity index (χ4v) is 5.16. The maximum Gasteiger partial charge on any atom is 0.411 e. The molecule has 34 heavy (non-hydrogen) atoms. The molecule has 0 aliphatic carbocycles. The molecule has 3 atom stereocenters. The van der Waals surface area contributed by atoms with Crippen LogP contribution in [0.3, 0.4) is 0 Å². The molecule has 176 valence electrons. The van der Waals surface area contributed by atoms with Crippen LogP contribution in [0.5, 0.6) is 0 Å². The molecule has 0 spiro atoms. The predicted molar refractivity (Wildman–Crippen MR) is 134 cm³/mol. The van der Waals surface area contributed by atoms with Gasteiger partial charge < -0.3 is 20.5 Å². The third kappa shape index (κ3) is 4.89. The fourth-order valence-electron chi connectivity index (χ4n) is 4.92. The second-order valence-corrected chi connectivity index (χ2v) is 9.24. The zero-order valence-corrected chi connectivity index (χ0v) is 19.6. The smallest absolute Gasteiger partial charge is 0.411 e. The maximum absolute atomic E-state index is 12.4. The van der Waals surface area contributed by atoms with Gasteiger partial charge in [-0.3, -0.25) is 5.32 Å². The highest BCUT2D eigenvalue weighted by Crippen LogP contribution is 2.49. The molecule has 0 aromatic heterocycles. The van der Waals surface area contributed by atoms with Gasteiger partial charge in [-0.15, -0.1) is 0 Å². The molecular formula is C27H28ClN3O3. The topological polar surface area (TPSA) is 85.6 Å². The number of ether oxygens (including phenoxy) is 2. The zero-order chi connectivity index (χ0) is 23.5. The first kappa shape index (κ1) is 22.7. The molecule has 0 saturated carbocycles. The van der Waals surface area contributed by atoms with Gasteiger partial charge in [0.25, 0.3) is 0 Å². The third-order valence-electron chi connectivity index (χ3n) is 6.50. The molecule has 1 amide bonds. The van der Waals surface area contributed by atoms with Crippen LogP contribution >= 0.6 is 11.6 Å². The summed E-state index contributed by atoms with van der Waals surface area (Å²) < 4.78 is 11.6. The average molecular weight is 478 g/mol. The number of amides is 1. The number of rotatable bonds is 5. The van der Waals surface area contributed by atoms with E-state index >= 15 is 0 Å². The van der Waals surface area contributed by atoms with Gasteiger partial charge in [-0.05, 0) is 59.9 Å². The number of nitrogens with one attached hydrogen (secondary N) is 2. The number of benzene rings is 3. The molecule has 2 aliphatic rings. The van der Waals surface area contributed by atoms with Crippen LogP contribution in [0.25, 0.3) is 0 Å². The van der Waals surface area contributed by atoms with Crippen LogP contribution in [0.15, 0.2) is 66.7 Å². The van der Waals surface area contributed by atoms with Crippen molar-refractivity contribution in [1.82, 2.24) is 0 Å². The van der Waals surface area contributed by atoms with E-state index in [2.05, 4.69) is 22.8 Å². The standard InChI is InChI=1S/C27H28ClN3O3/c28-20-12-19(13-21(14-20)30-27(32)34-16-17-5-2-1-3-6-17)25-22-7-4-10-33-26(22)23-11-18(15-29)8-9-24(23)31-25/h1-3,5-6,8-9,11-14,22,25-26,31H,4,7,10,15-16,29H2,(H,30,32)/t22-,25-,26-/m0/s1. The molecule has 3 aromatic rings. The molecule has 3 aromatic carbocycles. The van der Waals surface area contributed by atoms with E-state index in [1.54, 1.807) is 6.07 Å². The highest BCUT2D eigenvalue weighted by molar-refractivity contribution is 6.31. The monoisotopic (exact) mass is 477 g/mol. The molecule has 2 heterocycles. The molecular weight excluding hydrogens is 450 g/mol. The molecule has 6 nitrogen and oxygen atoms in total. The normalized spacial score (nSPS) is 21.1. The van der Waals surface area contributed by atoms with E-state index in [-0.39, 0.29) is 24.7 Å². The summed E-state index contributed by atoms with van der Waals surface area (Å²) in [5.41, 5.74) is 11.7. The van der Waals surface area contributed by atoms with Crippen molar-refractivity contribution >= 4 is 29.1 Å². The first-order chi connectivity index (χ1) is 16.6. The van der Waals surface area contributed by atoms with Crippen molar-refractivity contribution in [3.8, 4) is 0 Å². The summed E-state index contributed by atoms with van der Waals surface area (Å²) in [6, 6.07) is 21.5. The SMILES string of the molecule is NCc1ccc2c(c1)[C@H]1OCCC[C@H]1[C@H](c1cc(Cl)cc(NC(=O)OCc3ccccc3)c1)N2. The quantitative estimate of drug-likeness (QED) is 0.408. The first-order valence-electron chi connectivity index (χ1n) is 11.6. The Hall–Kier alpha value is -3.06. The number of nitrogens with two attached hydrogens (primary N) is 1. The average Bonchev–Trinajstić information content (AvgIpc) is 2.87. The molecule has 1 fully saturated rings. The summed E-state index contributed by atoms with van der Waals surface area (Å²) in [6.45, 7) is 1.44. The van der Waals surface area contributed by atoms with E-state index < -0.39 is 6.09 Å². The van der Waals surface area contributed by atoms with Crippen LogP contribution in [-0.4, -0.2) is 12.7 Å². The number of carbonyl (C=O) groups is 1. The first-order valence-corrected chi connectivity index (χ1v) is 12.0. The van der Waals surface area contributed by atoms with Crippen LogP contribution in [0.2, 0.25) is 5.02 Å². The predicted octanol–water partition coefficient (Wildman–Crippen LogP) is 6.18. The van der Waals surface area contributed by atoms with Crippen LogP contribution < -0.4 is 16.4 Å². The highest BCUT2D eigenvalue weighted by atomic mass is 35.5. The van der Waals surface area contributed by atoms with Crippen LogP contribution in [-0.2, 0) is 22.6 Å². The number of fused-ring (bicyclic) bond motifs is 3. The number of hydrogen-bond donors (Lipinski definition) is 3. The molecule has 2 aliphatic heterocycles. The molecule has 4 N–H and O–H groups in total. The fraction of sp³-hybridized carbons (Fsp3) is 0.296. The van der Waals surface area contributed by atoms with Crippen molar-refractivity contribution in [3.05, 3.63) is 94.0 Å². The number of halogens is 1. The van der Waals surface area contributed by atoms with Gasteiger partial charge in [-0.25, -0.2) is 4.79 Å². The summed E-state index contributed by atoms with van der Waals surface area (Å²) in [7, 11) is 0. The maximum atomic E-state index is 12.4. The third-order valence-corrected chi connectivity index (χ3v) is 6.72. The largest absolute Gasteiger partial charge is 0.444 e. The van der Waals surface area contributed by atoms with Crippen molar-refractivity contribution in [2.75, 3.05) is 17.2 Å². The number of carbonyl (C=O) groups excluding carboxylic acids is 1. The minimum Gasteiger partial charge on any atom is -0.444 e. The molecule has 5 rings (SSSR count). The van der Waals surface area contributed by atoms with Gasteiger partial charge in [0, 0.05) is 41.0 Å². The molecule has 0 unspecified atom stereocenters. The Morgan fingerprint density at radius 2 is 1.97 bits per heavy atom. The Kier molecular flexibility index (Phi) is 6.72. The summed E-state index contributed by atoms with van der Waals surface area (Å²) >= 11 is 6.48. The lowest BCUT2D eigenvalue weighted by Crippen LogP contribution is -2.36. The van der Waals surface area contributed by atoms with E-state index in [9.17, 15) is 4.79 Å². The Morgan fingerprint density at radius 3 is 2.79 bits per heavy atom. The summed E-state index contributed by atoms with van der Waals surface area (Å²) in [6.07, 6.45) is 1.51. The van der Waals surface area contributed by atoms with Crippen molar-refractivity contribution in [2.45, 2.75) is 38.1 Å². The molecule has 0 radical (unpaired) electrons. The van der Waals surface area contributed by atoms with E-state index in [4.69, 9.17) is 26.8 Å². The van der Waals surface area contributed by atoms with Crippen LogP contribution in [0, 0.1) is 5.92 Å². The molecule has 0 bridgehead atoms. The summed E-state index contributed by atoms with van der Waals surface area (Å²) in [5.74, 6) is 0.241. The number of anilines is 2. The Bertz CT molecular complexity index is 1170. The minimum atomic E-state index is -0.521. The van der Waals surface area contributed by atoms with Crippen LogP contribution in [0.1, 0.15) is 47.2 Å².